The molecule has 0 nitrogen and oxygen atoms in total. The lowest BCUT2D eigenvalue weighted by atomic mass is 9.96. The third kappa shape index (κ3) is 1.33. The van der Waals surface area contributed by atoms with Crippen molar-refractivity contribution in [2.45, 2.75) is 0 Å². The van der Waals surface area contributed by atoms with Gasteiger partial charge < -0.3 is 0 Å². The molecule has 1 aromatic rings. The second kappa shape index (κ2) is 2.52. The van der Waals surface area contributed by atoms with E-state index in [1.54, 1.807) is 12.1 Å². The summed E-state index contributed by atoms with van der Waals surface area (Å²) in [7, 11) is 5.22. The van der Waals surface area contributed by atoms with Crippen LogP contribution < -0.4 is 5.46 Å². The van der Waals surface area contributed by atoms with Gasteiger partial charge in [-0.05, 0) is 22.0 Å². The van der Waals surface area contributed by atoms with Crippen LogP contribution in [0.25, 0.3) is 0 Å². The standard InChI is InChI=1S/C6H3BBrF/c7-4-2-1-3-5(8)6(4)9/h1-3H. The number of halogens is 2. The smallest absolute Gasteiger partial charge is 0.130 e. The zero-order chi connectivity index (χ0) is 6.85. The Labute approximate surface area is 62.6 Å². The summed E-state index contributed by atoms with van der Waals surface area (Å²) >= 11 is 2.99. The average Bonchev–Trinajstić information content (AvgIpc) is 1.83. The Kier molecular flexibility index (Phi) is 1.91. The number of benzene rings is 1. The molecular formula is C6H3BBrF. The predicted molar refractivity (Wildman–Crippen MR) is 39.5 cm³/mol. The normalized spacial score (nSPS) is 9.56. The molecule has 1 aromatic carbocycles. The third-order valence-corrected chi connectivity index (χ3v) is 1.59. The fourth-order valence-corrected chi connectivity index (χ4v) is 0.902. The van der Waals surface area contributed by atoms with E-state index in [-0.39, 0.29) is 5.46 Å². The molecule has 3 heteroatoms. The van der Waals surface area contributed by atoms with Gasteiger partial charge in [0.2, 0.25) is 0 Å². The fraction of sp³-hybridized carbons (Fsp3) is 0. The van der Waals surface area contributed by atoms with Crippen LogP contribution in [0.4, 0.5) is 4.39 Å². The molecular weight excluding hydrogens is 182 g/mol. The van der Waals surface area contributed by atoms with Crippen LogP contribution in [0.2, 0.25) is 0 Å². The minimum atomic E-state index is -0.391. The van der Waals surface area contributed by atoms with Crippen LogP contribution in [0.5, 0.6) is 0 Å². The average molecular weight is 185 g/mol. The van der Waals surface area contributed by atoms with Crippen molar-refractivity contribution in [3.63, 3.8) is 0 Å². The van der Waals surface area contributed by atoms with E-state index in [1.165, 1.54) is 6.07 Å². The lowest BCUT2D eigenvalue weighted by Crippen LogP contribution is -2.07. The first-order valence-corrected chi connectivity index (χ1v) is 3.20. The zero-order valence-corrected chi connectivity index (χ0v) is 6.15. The van der Waals surface area contributed by atoms with E-state index in [4.69, 9.17) is 7.85 Å². The largest absolute Gasteiger partial charge is 0.206 e. The van der Waals surface area contributed by atoms with E-state index in [0.29, 0.717) is 4.47 Å². The quantitative estimate of drug-likeness (QED) is 0.535. The van der Waals surface area contributed by atoms with E-state index in [0.717, 1.165) is 0 Å². The van der Waals surface area contributed by atoms with Gasteiger partial charge in [0.25, 0.3) is 0 Å². The first-order valence-electron chi connectivity index (χ1n) is 2.41. The predicted octanol–water partition coefficient (Wildman–Crippen LogP) is 1.38. The van der Waals surface area contributed by atoms with Crippen molar-refractivity contribution < 1.29 is 4.39 Å². The molecule has 0 aliphatic carbocycles. The lowest BCUT2D eigenvalue weighted by Gasteiger charge is -1.95. The molecule has 0 spiro atoms. The molecule has 0 saturated carbocycles. The molecule has 0 aliphatic rings. The van der Waals surface area contributed by atoms with Crippen molar-refractivity contribution in [1.82, 2.24) is 0 Å². The summed E-state index contributed by atoms with van der Waals surface area (Å²) in [6.07, 6.45) is 0. The molecule has 0 saturated heterocycles. The van der Waals surface area contributed by atoms with Crippen molar-refractivity contribution in [2.24, 2.45) is 0 Å². The topological polar surface area (TPSA) is 0 Å². The van der Waals surface area contributed by atoms with Gasteiger partial charge in [-0.3, -0.25) is 0 Å². The maximum atomic E-state index is 12.6. The molecule has 0 amide bonds. The van der Waals surface area contributed by atoms with Gasteiger partial charge in [-0.15, -0.1) is 0 Å². The zero-order valence-electron chi connectivity index (χ0n) is 4.57. The highest BCUT2D eigenvalue weighted by Crippen LogP contribution is 2.10. The van der Waals surface area contributed by atoms with Crippen LogP contribution in [-0.4, -0.2) is 7.85 Å². The van der Waals surface area contributed by atoms with E-state index in [9.17, 15) is 4.39 Å². The summed E-state index contributed by atoms with van der Waals surface area (Å²) in [4.78, 5) is 0. The van der Waals surface area contributed by atoms with Crippen LogP contribution in [0.3, 0.4) is 0 Å². The summed E-state index contributed by atoms with van der Waals surface area (Å²) in [6.45, 7) is 0. The summed E-state index contributed by atoms with van der Waals surface area (Å²) < 4.78 is 13.0. The second-order valence-electron chi connectivity index (χ2n) is 1.64. The summed E-state index contributed by atoms with van der Waals surface area (Å²) in [5.41, 5.74) is 0.171. The summed E-state index contributed by atoms with van der Waals surface area (Å²) in [6, 6.07) is 4.80. The van der Waals surface area contributed by atoms with Crippen molar-refractivity contribution in [3.05, 3.63) is 28.5 Å². The third-order valence-electron chi connectivity index (χ3n) is 0.981. The molecule has 44 valence electrons. The van der Waals surface area contributed by atoms with Crippen molar-refractivity contribution in [2.75, 3.05) is 0 Å². The number of rotatable bonds is 0. The molecule has 2 radical (unpaired) electrons. The lowest BCUT2D eigenvalue weighted by molar-refractivity contribution is 0.629. The van der Waals surface area contributed by atoms with E-state index >= 15 is 0 Å². The van der Waals surface area contributed by atoms with Gasteiger partial charge in [0.05, 0.1) is 4.47 Å². The molecule has 9 heavy (non-hydrogen) atoms. The minimum absolute atomic E-state index is 0.171. The molecule has 0 bridgehead atoms. The fourth-order valence-electron chi connectivity index (χ4n) is 0.520. The Bertz CT molecular complexity index is 204. The highest BCUT2D eigenvalue weighted by Gasteiger charge is 1.97. The molecule has 0 aliphatic heterocycles. The number of hydrogen-bond donors (Lipinski definition) is 0. The molecule has 1 rings (SSSR count). The van der Waals surface area contributed by atoms with Gasteiger partial charge in [0.15, 0.2) is 0 Å². The van der Waals surface area contributed by atoms with Gasteiger partial charge in [-0.2, -0.15) is 0 Å². The molecule has 0 heterocycles. The van der Waals surface area contributed by atoms with Gasteiger partial charge >= 0.3 is 0 Å². The second-order valence-corrected chi connectivity index (χ2v) is 2.50. The Morgan fingerprint density at radius 3 is 2.56 bits per heavy atom. The summed E-state index contributed by atoms with van der Waals surface area (Å²) in [5, 5.41) is 0. The first kappa shape index (κ1) is 6.81. The van der Waals surface area contributed by atoms with Crippen LogP contribution in [0.15, 0.2) is 22.7 Å². The highest BCUT2D eigenvalue weighted by molar-refractivity contribution is 9.10. The highest BCUT2D eigenvalue weighted by atomic mass is 79.9. The molecule has 0 atom stereocenters. The van der Waals surface area contributed by atoms with E-state index in [1.807, 2.05) is 0 Å². The number of hydrogen-bond acceptors (Lipinski definition) is 0. The van der Waals surface area contributed by atoms with Gasteiger partial charge in [0.1, 0.15) is 13.7 Å². The van der Waals surface area contributed by atoms with Crippen molar-refractivity contribution in [3.8, 4) is 0 Å². The SMILES string of the molecule is [B]c1cccc(Br)c1F. The Morgan fingerprint density at radius 2 is 2.11 bits per heavy atom. The van der Waals surface area contributed by atoms with E-state index < -0.39 is 5.82 Å². The Hall–Kier alpha value is -0.305. The van der Waals surface area contributed by atoms with E-state index in [2.05, 4.69) is 15.9 Å². The molecule has 0 N–H and O–H groups in total. The van der Waals surface area contributed by atoms with Crippen molar-refractivity contribution >= 4 is 29.2 Å². The maximum absolute atomic E-state index is 12.6. The first-order chi connectivity index (χ1) is 4.22. The van der Waals surface area contributed by atoms with Gasteiger partial charge in [-0.1, -0.05) is 17.6 Å². The van der Waals surface area contributed by atoms with Crippen molar-refractivity contribution in [1.29, 1.82) is 0 Å². The Morgan fingerprint density at radius 1 is 1.44 bits per heavy atom. The monoisotopic (exact) mass is 184 g/mol. The minimum Gasteiger partial charge on any atom is -0.206 e. The van der Waals surface area contributed by atoms with Crippen LogP contribution >= 0.6 is 15.9 Å². The summed E-state index contributed by atoms with van der Waals surface area (Å²) in [5.74, 6) is -0.391. The van der Waals surface area contributed by atoms with Crippen LogP contribution in [0.1, 0.15) is 0 Å². The molecule has 0 fully saturated rings. The maximum Gasteiger partial charge on any atom is 0.130 e. The van der Waals surface area contributed by atoms with Gasteiger partial charge in [-0.25, -0.2) is 4.39 Å². The van der Waals surface area contributed by atoms with Crippen LogP contribution in [0, 0.1) is 5.82 Å². The molecule has 0 aromatic heterocycles. The van der Waals surface area contributed by atoms with Crippen LogP contribution in [-0.2, 0) is 0 Å². The Balaban J connectivity index is 3.25. The molecule has 0 unspecified atom stereocenters. The van der Waals surface area contributed by atoms with Gasteiger partial charge in [0, 0.05) is 0 Å².